The van der Waals surface area contributed by atoms with Gasteiger partial charge in [0.05, 0.1) is 25.1 Å². The number of nitrogens with zero attached hydrogens (tertiary/aromatic N) is 3. The first-order valence-electron chi connectivity index (χ1n) is 12.8. The van der Waals surface area contributed by atoms with E-state index in [1.165, 1.54) is 12.8 Å². The first-order valence-corrected chi connectivity index (χ1v) is 12.8. The molecule has 0 radical (unpaired) electrons. The Labute approximate surface area is 217 Å². The van der Waals surface area contributed by atoms with Crippen LogP contribution in [0.15, 0.2) is 71.5 Å². The standard InChI is InChI=1S/C30H33N3O4/c1-35-24-11-13-28(36-2)23(18-24)19-29-31-27-12-10-25(37-21-22-8-4-3-5-9-22)20-26(27)30(34)33(29)17-16-32-14-6-7-15-32/h3-5,8-13,18,20H,6-7,14-17,19,21H2,1-2H3. The van der Waals surface area contributed by atoms with E-state index in [0.717, 1.165) is 42.3 Å². The van der Waals surface area contributed by atoms with Crippen molar-refractivity contribution in [2.75, 3.05) is 33.9 Å². The maximum atomic E-state index is 13.8. The number of methoxy groups -OCH3 is 2. The molecule has 4 aromatic rings. The van der Waals surface area contributed by atoms with Gasteiger partial charge in [-0.15, -0.1) is 0 Å². The van der Waals surface area contributed by atoms with Gasteiger partial charge in [-0.3, -0.25) is 9.36 Å². The second-order valence-corrected chi connectivity index (χ2v) is 9.34. The van der Waals surface area contributed by atoms with E-state index in [2.05, 4.69) is 4.90 Å². The Bertz CT molecular complexity index is 1410. The number of aromatic nitrogens is 2. The maximum Gasteiger partial charge on any atom is 0.261 e. The molecular formula is C30H33N3O4. The van der Waals surface area contributed by atoms with Gasteiger partial charge in [-0.1, -0.05) is 30.3 Å². The van der Waals surface area contributed by atoms with Crippen molar-refractivity contribution in [2.24, 2.45) is 0 Å². The Kier molecular flexibility index (Phi) is 7.70. The SMILES string of the molecule is COc1ccc(OC)c(Cc2nc3ccc(OCc4ccccc4)cc3c(=O)n2CCN2CCCC2)c1. The summed E-state index contributed by atoms with van der Waals surface area (Å²) in [4.78, 5) is 21.2. The summed E-state index contributed by atoms with van der Waals surface area (Å²) in [5, 5.41) is 0.563. The van der Waals surface area contributed by atoms with Crippen LogP contribution in [0, 0.1) is 0 Å². The van der Waals surface area contributed by atoms with Crippen LogP contribution in [0.1, 0.15) is 29.8 Å². The van der Waals surface area contributed by atoms with Crippen LogP contribution in [0.4, 0.5) is 0 Å². The number of ether oxygens (including phenoxy) is 3. The van der Waals surface area contributed by atoms with Crippen molar-refractivity contribution in [3.05, 3.63) is 94.0 Å². The highest BCUT2D eigenvalue weighted by molar-refractivity contribution is 5.79. The molecule has 7 nitrogen and oxygen atoms in total. The summed E-state index contributed by atoms with van der Waals surface area (Å²) < 4.78 is 18.9. The molecule has 2 heterocycles. The number of rotatable bonds is 10. The molecule has 7 heteroatoms. The third-order valence-corrected chi connectivity index (χ3v) is 6.93. The summed E-state index contributed by atoms with van der Waals surface area (Å²) >= 11 is 0. The van der Waals surface area contributed by atoms with Gasteiger partial charge < -0.3 is 19.1 Å². The Morgan fingerprint density at radius 2 is 1.65 bits per heavy atom. The molecule has 1 aliphatic rings. The molecule has 1 aliphatic heterocycles. The first-order chi connectivity index (χ1) is 18.1. The number of hydrogen-bond donors (Lipinski definition) is 0. The van der Waals surface area contributed by atoms with E-state index < -0.39 is 0 Å². The van der Waals surface area contributed by atoms with E-state index in [1.807, 2.05) is 71.3 Å². The zero-order valence-corrected chi connectivity index (χ0v) is 21.5. The Hall–Kier alpha value is -3.84. The summed E-state index contributed by atoms with van der Waals surface area (Å²) in [6.07, 6.45) is 2.87. The molecule has 3 aromatic carbocycles. The number of hydrogen-bond acceptors (Lipinski definition) is 6. The summed E-state index contributed by atoms with van der Waals surface area (Å²) in [6.45, 7) is 3.99. The van der Waals surface area contributed by atoms with Crippen LogP contribution < -0.4 is 19.8 Å². The van der Waals surface area contributed by atoms with Crippen LogP contribution in [0.2, 0.25) is 0 Å². The Balaban J connectivity index is 1.50. The highest BCUT2D eigenvalue weighted by atomic mass is 16.5. The molecule has 37 heavy (non-hydrogen) atoms. The lowest BCUT2D eigenvalue weighted by Gasteiger charge is -2.19. The first kappa shape index (κ1) is 24.8. The van der Waals surface area contributed by atoms with Crippen molar-refractivity contribution in [3.8, 4) is 17.2 Å². The molecule has 192 valence electrons. The van der Waals surface area contributed by atoms with E-state index in [9.17, 15) is 4.79 Å². The van der Waals surface area contributed by atoms with Gasteiger partial charge in [0.25, 0.3) is 5.56 Å². The summed E-state index contributed by atoms with van der Waals surface area (Å²) in [7, 11) is 3.29. The van der Waals surface area contributed by atoms with Crippen LogP contribution in [0.5, 0.6) is 17.2 Å². The Morgan fingerprint density at radius 1 is 0.865 bits per heavy atom. The van der Waals surface area contributed by atoms with E-state index in [0.29, 0.717) is 42.0 Å². The van der Waals surface area contributed by atoms with Crippen molar-refractivity contribution in [1.29, 1.82) is 0 Å². The molecule has 5 rings (SSSR count). The third-order valence-electron chi connectivity index (χ3n) is 6.93. The lowest BCUT2D eigenvalue weighted by Crippen LogP contribution is -2.32. The lowest BCUT2D eigenvalue weighted by atomic mass is 10.1. The van der Waals surface area contributed by atoms with Gasteiger partial charge in [0.15, 0.2) is 0 Å². The summed E-state index contributed by atoms with van der Waals surface area (Å²) in [5.41, 5.74) is 2.61. The highest BCUT2D eigenvalue weighted by Crippen LogP contribution is 2.27. The molecule has 0 unspecified atom stereocenters. The van der Waals surface area contributed by atoms with E-state index in [1.54, 1.807) is 14.2 Å². The Morgan fingerprint density at radius 3 is 2.41 bits per heavy atom. The minimum atomic E-state index is -0.0498. The monoisotopic (exact) mass is 499 g/mol. The quantitative estimate of drug-likeness (QED) is 0.316. The maximum absolute atomic E-state index is 13.8. The number of benzene rings is 3. The van der Waals surface area contributed by atoms with Crippen LogP contribution in [0.25, 0.3) is 10.9 Å². The molecule has 1 saturated heterocycles. The van der Waals surface area contributed by atoms with Gasteiger partial charge in [0.1, 0.15) is 29.7 Å². The number of likely N-dealkylation sites (tertiary alicyclic amines) is 1. The van der Waals surface area contributed by atoms with E-state index in [-0.39, 0.29) is 5.56 Å². The van der Waals surface area contributed by atoms with Crippen LogP contribution >= 0.6 is 0 Å². The average Bonchev–Trinajstić information content (AvgIpc) is 3.46. The van der Waals surface area contributed by atoms with Gasteiger partial charge in [-0.2, -0.15) is 0 Å². The lowest BCUT2D eigenvalue weighted by molar-refractivity contribution is 0.306. The normalized spacial score (nSPS) is 13.7. The number of fused-ring (bicyclic) bond motifs is 1. The van der Waals surface area contributed by atoms with Crippen LogP contribution in [-0.4, -0.2) is 48.3 Å². The van der Waals surface area contributed by atoms with Crippen molar-refractivity contribution in [3.63, 3.8) is 0 Å². The molecule has 0 bridgehead atoms. The fourth-order valence-electron chi connectivity index (χ4n) is 4.88. The third kappa shape index (κ3) is 5.78. The molecule has 0 N–H and O–H groups in total. The topological polar surface area (TPSA) is 65.8 Å². The summed E-state index contributed by atoms with van der Waals surface area (Å²) in [6, 6.07) is 21.3. The second-order valence-electron chi connectivity index (χ2n) is 9.34. The summed E-state index contributed by atoms with van der Waals surface area (Å²) in [5.74, 6) is 2.85. The fraction of sp³-hybridized carbons (Fsp3) is 0.333. The van der Waals surface area contributed by atoms with Crippen molar-refractivity contribution in [2.45, 2.75) is 32.4 Å². The minimum Gasteiger partial charge on any atom is -0.497 e. The molecule has 0 amide bonds. The molecule has 1 aromatic heterocycles. The van der Waals surface area contributed by atoms with E-state index >= 15 is 0 Å². The van der Waals surface area contributed by atoms with Gasteiger partial charge >= 0.3 is 0 Å². The average molecular weight is 500 g/mol. The van der Waals surface area contributed by atoms with Crippen molar-refractivity contribution in [1.82, 2.24) is 14.5 Å². The van der Waals surface area contributed by atoms with Gasteiger partial charge in [0.2, 0.25) is 0 Å². The van der Waals surface area contributed by atoms with Crippen LogP contribution in [-0.2, 0) is 19.6 Å². The smallest absolute Gasteiger partial charge is 0.261 e. The predicted molar refractivity (Wildman–Crippen MR) is 145 cm³/mol. The second kappa shape index (κ2) is 11.5. The largest absolute Gasteiger partial charge is 0.497 e. The molecular weight excluding hydrogens is 466 g/mol. The molecule has 0 atom stereocenters. The molecule has 0 aliphatic carbocycles. The van der Waals surface area contributed by atoms with Gasteiger partial charge in [-0.05, 0) is 67.9 Å². The van der Waals surface area contributed by atoms with Gasteiger partial charge in [-0.25, -0.2) is 4.98 Å². The predicted octanol–water partition coefficient (Wildman–Crippen LogP) is 4.68. The fourth-order valence-corrected chi connectivity index (χ4v) is 4.88. The molecule has 0 spiro atoms. The van der Waals surface area contributed by atoms with Crippen molar-refractivity contribution < 1.29 is 14.2 Å². The zero-order chi connectivity index (χ0) is 25.6. The zero-order valence-electron chi connectivity index (χ0n) is 21.5. The molecule has 1 fully saturated rings. The minimum absolute atomic E-state index is 0.0498. The molecule has 0 saturated carbocycles. The van der Waals surface area contributed by atoms with Crippen LogP contribution in [0.3, 0.4) is 0 Å². The van der Waals surface area contributed by atoms with Crippen molar-refractivity contribution >= 4 is 10.9 Å². The highest BCUT2D eigenvalue weighted by Gasteiger charge is 2.17. The van der Waals surface area contributed by atoms with E-state index in [4.69, 9.17) is 19.2 Å². The van der Waals surface area contributed by atoms with Gasteiger partial charge in [0, 0.05) is 25.1 Å².